The van der Waals surface area contributed by atoms with Crippen LogP contribution in [-0.2, 0) is 16.4 Å². The molecule has 0 saturated carbocycles. The van der Waals surface area contributed by atoms with Gasteiger partial charge in [-0.05, 0) is 31.4 Å². The van der Waals surface area contributed by atoms with E-state index in [1.165, 1.54) is 0 Å². The van der Waals surface area contributed by atoms with Crippen molar-refractivity contribution in [1.82, 2.24) is 0 Å². The van der Waals surface area contributed by atoms with Crippen LogP contribution in [0.3, 0.4) is 0 Å². The van der Waals surface area contributed by atoms with E-state index in [1.54, 1.807) is 13.0 Å². The summed E-state index contributed by atoms with van der Waals surface area (Å²) in [7, 11) is -3.24. The molecule has 0 atom stereocenters. The van der Waals surface area contributed by atoms with Crippen LogP contribution in [0, 0.1) is 0 Å². The molecule has 0 saturated heterocycles. The van der Waals surface area contributed by atoms with Gasteiger partial charge >= 0.3 is 0 Å². The summed E-state index contributed by atoms with van der Waals surface area (Å²) in [6, 6.07) is 5.55. The molecule has 1 aliphatic heterocycles. The number of benzene rings is 1. The summed E-state index contributed by atoms with van der Waals surface area (Å²) in [6.45, 7) is 2.26. The van der Waals surface area contributed by atoms with Crippen LogP contribution < -0.4 is 9.46 Å². The maximum atomic E-state index is 11.5. The highest BCUT2D eigenvalue weighted by Gasteiger charge is 2.17. The number of hydrogen-bond donors (Lipinski definition) is 1. The zero-order valence-corrected chi connectivity index (χ0v) is 10.0. The predicted octanol–water partition coefficient (Wildman–Crippen LogP) is 1.77. The Morgan fingerprint density at radius 1 is 1.44 bits per heavy atom. The predicted molar refractivity (Wildman–Crippen MR) is 63.3 cm³/mol. The van der Waals surface area contributed by atoms with Crippen LogP contribution in [0.1, 0.15) is 18.9 Å². The fourth-order valence-corrected chi connectivity index (χ4v) is 2.35. The minimum absolute atomic E-state index is 0.0661. The molecule has 16 heavy (non-hydrogen) atoms. The summed E-state index contributed by atoms with van der Waals surface area (Å²) in [4.78, 5) is 0. The van der Waals surface area contributed by atoms with Gasteiger partial charge in [0.2, 0.25) is 10.0 Å². The molecule has 0 fully saturated rings. The first-order valence-corrected chi connectivity index (χ1v) is 7.03. The Morgan fingerprint density at radius 3 is 3.00 bits per heavy atom. The van der Waals surface area contributed by atoms with Crippen molar-refractivity contribution in [2.45, 2.75) is 19.8 Å². The first kappa shape index (κ1) is 11.3. The Labute approximate surface area is 95.7 Å². The van der Waals surface area contributed by atoms with Crippen molar-refractivity contribution in [3.8, 4) is 5.75 Å². The molecule has 0 spiro atoms. The van der Waals surface area contributed by atoms with E-state index < -0.39 is 10.0 Å². The van der Waals surface area contributed by atoms with Crippen LogP contribution >= 0.6 is 0 Å². The zero-order valence-electron chi connectivity index (χ0n) is 9.19. The number of rotatable bonds is 3. The lowest BCUT2D eigenvalue weighted by molar-refractivity contribution is 0.290. The van der Waals surface area contributed by atoms with E-state index in [2.05, 4.69) is 4.72 Å². The Hall–Kier alpha value is -1.23. The molecule has 1 N–H and O–H groups in total. The maximum Gasteiger partial charge on any atom is 0.232 e. The largest absolute Gasteiger partial charge is 0.491 e. The van der Waals surface area contributed by atoms with E-state index in [1.807, 2.05) is 12.1 Å². The third kappa shape index (κ3) is 2.29. The number of aryl methyl sites for hydroxylation is 1. The van der Waals surface area contributed by atoms with Crippen LogP contribution in [0.2, 0.25) is 0 Å². The lowest BCUT2D eigenvalue weighted by atomic mass is 10.1. The summed E-state index contributed by atoms with van der Waals surface area (Å²) in [6.07, 6.45) is 1.92. The van der Waals surface area contributed by atoms with Gasteiger partial charge in [-0.15, -0.1) is 0 Å². The van der Waals surface area contributed by atoms with Crippen LogP contribution in [-0.4, -0.2) is 20.8 Å². The minimum atomic E-state index is -3.24. The maximum absolute atomic E-state index is 11.5. The quantitative estimate of drug-likeness (QED) is 0.877. The molecular weight excluding hydrogens is 226 g/mol. The second-order valence-corrected chi connectivity index (χ2v) is 5.76. The molecule has 1 heterocycles. The number of fused-ring (bicyclic) bond motifs is 1. The van der Waals surface area contributed by atoms with E-state index in [-0.39, 0.29) is 5.75 Å². The summed E-state index contributed by atoms with van der Waals surface area (Å²) in [5, 5.41) is 0. The van der Waals surface area contributed by atoms with Gasteiger partial charge in [-0.25, -0.2) is 8.42 Å². The molecule has 88 valence electrons. The molecule has 2 rings (SSSR count). The van der Waals surface area contributed by atoms with Crippen molar-refractivity contribution in [3.63, 3.8) is 0 Å². The number of hydrogen-bond acceptors (Lipinski definition) is 3. The fraction of sp³-hybridized carbons (Fsp3) is 0.455. The lowest BCUT2D eigenvalue weighted by Gasteiger charge is -2.20. The zero-order chi connectivity index (χ0) is 11.6. The Morgan fingerprint density at radius 2 is 2.25 bits per heavy atom. The van der Waals surface area contributed by atoms with E-state index in [0.29, 0.717) is 18.0 Å². The molecular formula is C11H15NO3S. The number of anilines is 1. The lowest BCUT2D eigenvalue weighted by Crippen LogP contribution is -2.17. The fourth-order valence-electron chi connectivity index (χ4n) is 1.71. The van der Waals surface area contributed by atoms with Gasteiger partial charge < -0.3 is 4.74 Å². The van der Waals surface area contributed by atoms with Gasteiger partial charge in [-0.1, -0.05) is 12.1 Å². The second-order valence-electron chi connectivity index (χ2n) is 3.75. The van der Waals surface area contributed by atoms with E-state index in [0.717, 1.165) is 18.4 Å². The third-order valence-corrected chi connectivity index (χ3v) is 3.87. The average molecular weight is 241 g/mol. The summed E-state index contributed by atoms with van der Waals surface area (Å²) in [5.41, 5.74) is 1.63. The van der Waals surface area contributed by atoms with Crippen molar-refractivity contribution in [2.75, 3.05) is 17.1 Å². The summed E-state index contributed by atoms with van der Waals surface area (Å²) in [5.74, 6) is 0.752. The SMILES string of the molecule is CCS(=O)(=O)Nc1cccc2c1OCCC2. The van der Waals surface area contributed by atoms with Crippen LogP contribution in [0.15, 0.2) is 18.2 Å². The number of para-hydroxylation sites is 1. The second kappa shape index (κ2) is 4.33. The van der Waals surface area contributed by atoms with Gasteiger partial charge in [0, 0.05) is 0 Å². The van der Waals surface area contributed by atoms with Crippen molar-refractivity contribution in [2.24, 2.45) is 0 Å². The molecule has 0 radical (unpaired) electrons. The summed E-state index contributed by atoms with van der Waals surface area (Å²) < 4.78 is 31.0. The van der Waals surface area contributed by atoms with Gasteiger partial charge in [0.05, 0.1) is 18.0 Å². The molecule has 1 aromatic carbocycles. The van der Waals surface area contributed by atoms with Gasteiger partial charge in [0.1, 0.15) is 5.75 Å². The first-order valence-electron chi connectivity index (χ1n) is 5.37. The normalized spacial score (nSPS) is 15.1. The molecule has 0 bridgehead atoms. The molecule has 4 nitrogen and oxygen atoms in total. The van der Waals surface area contributed by atoms with Crippen LogP contribution in [0.4, 0.5) is 5.69 Å². The molecule has 1 aliphatic rings. The standard InChI is InChI=1S/C11H15NO3S/c1-2-16(13,14)12-10-7-3-5-9-6-4-8-15-11(9)10/h3,5,7,12H,2,4,6,8H2,1H3. The third-order valence-electron chi connectivity index (χ3n) is 2.58. The smallest absolute Gasteiger partial charge is 0.232 e. The van der Waals surface area contributed by atoms with E-state index in [4.69, 9.17) is 4.74 Å². The molecule has 0 unspecified atom stereocenters. The molecule has 0 aromatic heterocycles. The van der Waals surface area contributed by atoms with E-state index in [9.17, 15) is 8.42 Å². The highest BCUT2D eigenvalue weighted by atomic mass is 32.2. The Bertz CT molecular complexity index is 482. The van der Waals surface area contributed by atoms with Crippen molar-refractivity contribution >= 4 is 15.7 Å². The van der Waals surface area contributed by atoms with Gasteiger partial charge in [-0.2, -0.15) is 0 Å². The van der Waals surface area contributed by atoms with Gasteiger partial charge in [-0.3, -0.25) is 4.72 Å². The molecule has 1 aromatic rings. The van der Waals surface area contributed by atoms with E-state index >= 15 is 0 Å². The Balaban J connectivity index is 2.35. The average Bonchev–Trinajstić information content (AvgIpc) is 2.29. The van der Waals surface area contributed by atoms with Gasteiger partial charge in [0.25, 0.3) is 0 Å². The highest BCUT2D eigenvalue weighted by molar-refractivity contribution is 7.92. The molecule has 0 amide bonds. The minimum Gasteiger partial charge on any atom is -0.491 e. The Kier molecular flexibility index (Phi) is 3.05. The monoisotopic (exact) mass is 241 g/mol. The molecule has 0 aliphatic carbocycles. The van der Waals surface area contributed by atoms with Crippen molar-refractivity contribution < 1.29 is 13.2 Å². The van der Waals surface area contributed by atoms with Crippen molar-refractivity contribution in [1.29, 1.82) is 0 Å². The van der Waals surface area contributed by atoms with Crippen molar-refractivity contribution in [3.05, 3.63) is 23.8 Å². The number of sulfonamides is 1. The topological polar surface area (TPSA) is 55.4 Å². The van der Waals surface area contributed by atoms with Gasteiger partial charge in [0.15, 0.2) is 0 Å². The first-order chi connectivity index (χ1) is 7.62. The number of ether oxygens (including phenoxy) is 1. The summed E-state index contributed by atoms with van der Waals surface area (Å²) >= 11 is 0. The number of nitrogens with one attached hydrogen (secondary N) is 1. The van der Waals surface area contributed by atoms with Crippen LogP contribution in [0.25, 0.3) is 0 Å². The highest BCUT2D eigenvalue weighted by Crippen LogP contribution is 2.33. The molecule has 5 heteroatoms. The van der Waals surface area contributed by atoms with Crippen LogP contribution in [0.5, 0.6) is 5.75 Å².